The van der Waals surface area contributed by atoms with Crippen molar-refractivity contribution in [3.8, 4) is 0 Å². The van der Waals surface area contributed by atoms with Crippen molar-refractivity contribution in [2.75, 3.05) is 13.6 Å². The molecule has 0 saturated heterocycles. The third-order valence-electron chi connectivity index (χ3n) is 2.90. The lowest BCUT2D eigenvalue weighted by molar-refractivity contribution is 0.677. The lowest BCUT2D eigenvalue weighted by Crippen LogP contribution is -2.41. The van der Waals surface area contributed by atoms with E-state index < -0.39 is 0 Å². The number of pyridine rings is 1. The van der Waals surface area contributed by atoms with Crippen molar-refractivity contribution < 1.29 is 0 Å². The average molecular weight is 402 g/mol. The van der Waals surface area contributed by atoms with Gasteiger partial charge in [-0.05, 0) is 32.4 Å². The molecule has 2 heterocycles. The molecule has 116 valence electrons. The van der Waals surface area contributed by atoms with Crippen LogP contribution in [0.4, 0.5) is 0 Å². The van der Waals surface area contributed by atoms with E-state index in [2.05, 4.69) is 39.7 Å². The topological polar surface area (TPSA) is 66.6 Å². The van der Waals surface area contributed by atoms with Gasteiger partial charge >= 0.3 is 0 Å². The van der Waals surface area contributed by atoms with Gasteiger partial charge in [-0.25, -0.2) is 0 Å². The Morgan fingerprint density at radius 1 is 1.33 bits per heavy atom. The normalized spacial score (nSPS) is 11.5. The fourth-order valence-corrected chi connectivity index (χ4v) is 1.98. The minimum absolute atomic E-state index is 0. The summed E-state index contributed by atoms with van der Waals surface area (Å²) in [6.45, 7) is 5.04. The van der Waals surface area contributed by atoms with Gasteiger partial charge in [0.15, 0.2) is 11.6 Å². The lowest BCUT2D eigenvalue weighted by atomic mass is 10.3. The fraction of sp³-hybridized carbons (Fsp3) is 0.500. The van der Waals surface area contributed by atoms with Crippen molar-refractivity contribution >= 4 is 35.6 Å². The smallest absolute Gasteiger partial charge is 0.191 e. The van der Waals surface area contributed by atoms with Gasteiger partial charge in [-0.15, -0.1) is 34.2 Å². The third kappa shape index (κ3) is 5.14. The van der Waals surface area contributed by atoms with Crippen molar-refractivity contribution in [2.45, 2.75) is 32.7 Å². The summed E-state index contributed by atoms with van der Waals surface area (Å²) in [4.78, 5) is 4.17. The van der Waals surface area contributed by atoms with E-state index in [4.69, 9.17) is 0 Å². The first-order chi connectivity index (χ1) is 9.70. The Kier molecular flexibility index (Phi) is 7.41. The fourth-order valence-electron chi connectivity index (χ4n) is 1.98. The van der Waals surface area contributed by atoms with Gasteiger partial charge in [0.2, 0.25) is 0 Å². The highest BCUT2D eigenvalue weighted by Crippen LogP contribution is 2.04. The molecular formula is C14H23IN6. The van der Waals surface area contributed by atoms with Gasteiger partial charge in [-0.3, -0.25) is 9.39 Å². The Morgan fingerprint density at radius 3 is 2.86 bits per heavy atom. The number of aryl methyl sites for hydroxylation is 1. The average Bonchev–Trinajstić information content (AvgIpc) is 2.85. The van der Waals surface area contributed by atoms with E-state index in [1.165, 1.54) is 0 Å². The van der Waals surface area contributed by atoms with Crippen LogP contribution in [0, 0.1) is 0 Å². The molecule has 0 bridgehead atoms. The minimum Gasteiger partial charge on any atom is -0.356 e. The van der Waals surface area contributed by atoms with E-state index in [9.17, 15) is 0 Å². The number of fused-ring (bicyclic) bond motifs is 1. The van der Waals surface area contributed by atoms with E-state index in [1.54, 1.807) is 7.05 Å². The molecular weight excluding hydrogens is 379 g/mol. The molecule has 0 aliphatic rings. The Bertz CT molecular complexity index is 578. The highest BCUT2D eigenvalue weighted by atomic mass is 127. The van der Waals surface area contributed by atoms with E-state index in [0.717, 1.165) is 36.8 Å². The van der Waals surface area contributed by atoms with E-state index in [0.29, 0.717) is 6.04 Å². The first kappa shape index (κ1) is 17.7. The largest absolute Gasteiger partial charge is 0.356 e. The first-order valence-corrected chi connectivity index (χ1v) is 6.96. The number of aliphatic imine (C=N–C) groups is 1. The summed E-state index contributed by atoms with van der Waals surface area (Å²) in [6, 6.07) is 6.30. The number of guanidine groups is 1. The second kappa shape index (κ2) is 8.81. The van der Waals surface area contributed by atoms with Crippen molar-refractivity contribution in [3.63, 3.8) is 0 Å². The van der Waals surface area contributed by atoms with E-state index >= 15 is 0 Å². The summed E-state index contributed by atoms with van der Waals surface area (Å²) in [5.74, 6) is 1.83. The Labute approximate surface area is 142 Å². The number of halogens is 1. The second-order valence-electron chi connectivity index (χ2n) is 4.95. The maximum absolute atomic E-state index is 4.22. The zero-order valence-corrected chi connectivity index (χ0v) is 15.0. The van der Waals surface area contributed by atoms with Crippen molar-refractivity contribution in [2.24, 2.45) is 4.99 Å². The first-order valence-electron chi connectivity index (χ1n) is 6.96. The Morgan fingerprint density at radius 2 is 2.14 bits per heavy atom. The van der Waals surface area contributed by atoms with Crippen LogP contribution in [0.5, 0.6) is 0 Å². The summed E-state index contributed by atoms with van der Waals surface area (Å²) in [7, 11) is 1.78. The number of hydrogen-bond donors (Lipinski definition) is 2. The summed E-state index contributed by atoms with van der Waals surface area (Å²) >= 11 is 0. The van der Waals surface area contributed by atoms with Gasteiger partial charge in [0.1, 0.15) is 5.82 Å². The highest BCUT2D eigenvalue weighted by Gasteiger charge is 2.04. The van der Waals surface area contributed by atoms with Crippen molar-refractivity contribution in [1.29, 1.82) is 0 Å². The molecule has 0 fully saturated rings. The summed E-state index contributed by atoms with van der Waals surface area (Å²) in [5.41, 5.74) is 0.896. The molecule has 2 N–H and O–H groups in total. The predicted molar refractivity (Wildman–Crippen MR) is 96.4 cm³/mol. The maximum atomic E-state index is 4.22. The van der Waals surface area contributed by atoms with Crippen LogP contribution in [-0.2, 0) is 6.42 Å². The molecule has 0 radical (unpaired) electrons. The van der Waals surface area contributed by atoms with Gasteiger partial charge < -0.3 is 10.6 Å². The van der Waals surface area contributed by atoms with Crippen LogP contribution in [0.2, 0.25) is 0 Å². The molecule has 0 unspecified atom stereocenters. The van der Waals surface area contributed by atoms with E-state index in [-0.39, 0.29) is 24.0 Å². The van der Waals surface area contributed by atoms with Crippen molar-refractivity contribution in [3.05, 3.63) is 30.2 Å². The number of aromatic nitrogens is 3. The summed E-state index contributed by atoms with van der Waals surface area (Å²) < 4.78 is 2.03. The van der Waals surface area contributed by atoms with Crippen LogP contribution in [0.1, 0.15) is 26.1 Å². The molecule has 0 atom stereocenters. The quantitative estimate of drug-likeness (QED) is 0.347. The molecule has 21 heavy (non-hydrogen) atoms. The van der Waals surface area contributed by atoms with Crippen LogP contribution < -0.4 is 10.6 Å². The number of hydrogen-bond acceptors (Lipinski definition) is 3. The number of nitrogens with zero attached hydrogens (tertiary/aromatic N) is 4. The highest BCUT2D eigenvalue weighted by molar-refractivity contribution is 14.0. The molecule has 6 nitrogen and oxygen atoms in total. The molecule has 0 spiro atoms. The van der Waals surface area contributed by atoms with Gasteiger partial charge in [-0.2, -0.15) is 0 Å². The maximum Gasteiger partial charge on any atom is 0.191 e. The standard InChI is InChI=1S/C14H22N6.HI/c1-11(2)17-14(15-3)16-9-6-8-13-19-18-12-7-4-5-10-20(12)13;/h4-5,7,10-11H,6,8-9H2,1-3H3,(H2,15,16,17);1H. The Hall–Kier alpha value is -1.38. The van der Waals surface area contributed by atoms with Gasteiger partial charge in [-0.1, -0.05) is 6.07 Å². The van der Waals surface area contributed by atoms with Crippen LogP contribution >= 0.6 is 24.0 Å². The molecule has 0 amide bonds. The zero-order chi connectivity index (χ0) is 14.4. The van der Waals surface area contributed by atoms with Gasteiger partial charge in [0, 0.05) is 32.3 Å². The van der Waals surface area contributed by atoms with Crippen LogP contribution in [0.25, 0.3) is 5.65 Å². The molecule has 0 aliphatic heterocycles. The van der Waals surface area contributed by atoms with Crippen LogP contribution in [0.3, 0.4) is 0 Å². The van der Waals surface area contributed by atoms with Crippen LogP contribution in [0.15, 0.2) is 29.4 Å². The number of nitrogens with one attached hydrogen (secondary N) is 2. The monoisotopic (exact) mass is 402 g/mol. The predicted octanol–water partition coefficient (Wildman–Crippen LogP) is 1.85. The molecule has 0 saturated carbocycles. The number of rotatable bonds is 5. The van der Waals surface area contributed by atoms with Gasteiger partial charge in [0.05, 0.1) is 0 Å². The molecule has 7 heteroatoms. The molecule has 0 aromatic carbocycles. The van der Waals surface area contributed by atoms with Gasteiger partial charge in [0.25, 0.3) is 0 Å². The Balaban J connectivity index is 0.00000220. The summed E-state index contributed by atoms with van der Waals surface area (Å²) in [6.07, 6.45) is 3.86. The molecule has 2 aromatic rings. The zero-order valence-electron chi connectivity index (χ0n) is 12.7. The van der Waals surface area contributed by atoms with E-state index in [1.807, 2.05) is 28.8 Å². The minimum atomic E-state index is 0. The van der Waals surface area contributed by atoms with Crippen LogP contribution in [-0.4, -0.2) is 40.2 Å². The third-order valence-corrected chi connectivity index (χ3v) is 2.90. The molecule has 0 aliphatic carbocycles. The van der Waals surface area contributed by atoms with Crippen molar-refractivity contribution in [1.82, 2.24) is 25.2 Å². The molecule has 2 rings (SSSR count). The second-order valence-corrected chi connectivity index (χ2v) is 4.95. The lowest BCUT2D eigenvalue weighted by Gasteiger charge is -2.14. The molecule has 2 aromatic heterocycles. The SMILES string of the molecule is CN=C(NCCCc1nnc2ccccn12)NC(C)C.I. The summed E-state index contributed by atoms with van der Waals surface area (Å²) in [5, 5.41) is 14.9.